The van der Waals surface area contributed by atoms with Crippen LogP contribution >= 0.6 is 11.3 Å². The van der Waals surface area contributed by atoms with Crippen molar-refractivity contribution in [1.82, 2.24) is 14.9 Å². The molecule has 1 aliphatic heterocycles. The molecule has 0 amide bonds. The molecule has 1 aliphatic rings. The maximum atomic E-state index is 5.29. The number of likely N-dealkylation sites (N-methyl/N-ethyl adjacent to an activating group) is 1. The van der Waals surface area contributed by atoms with Crippen molar-refractivity contribution in [2.45, 2.75) is 13.0 Å². The van der Waals surface area contributed by atoms with Gasteiger partial charge in [0, 0.05) is 29.7 Å². The Hall–Kier alpha value is -2.18. The number of thiophene rings is 1. The number of aromatic nitrogens is 2. The minimum Gasteiger partial charge on any atom is -0.497 e. The number of fused-ring (bicyclic) bond motifs is 3. The van der Waals surface area contributed by atoms with Crippen LogP contribution in [-0.2, 0) is 13.0 Å². The standard InChI is InChI=1S/C17H18N4OS/c1-21-7-6-13-14(9-21)23-17-15(13)16(18-10-19-17)20-11-4-3-5-12(8-11)22-2/h3-5,8,10H,6-7,9H2,1-2H3,(H,18,19,20). The molecule has 0 bridgehead atoms. The summed E-state index contributed by atoms with van der Waals surface area (Å²) in [6.45, 7) is 2.07. The van der Waals surface area contributed by atoms with E-state index in [1.54, 1.807) is 24.8 Å². The van der Waals surface area contributed by atoms with E-state index in [2.05, 4.69) is 27.2 Å². The predicted molar refractivity (Wildman–Crippen MR) is 93.7 cm³/mol. The molecule has 0 saturated heterocycles. The molecular weight excluding hydrogens is 308 g/mol. The zero-order valence-electron chi connectivity index (χ0n) is 13.2. The molecule has 6 heteroatoms. The summed E-state index contributed by atoms with van der Waals surface area (Å²) in [6, 6.07) is 7.89. The predicted octanol–water partition coefficient (Wildman–Crippen LogP) is 3.43. The van der Waals surface area contributed by atoms with Crippen LogP contribution in [0.4, 0.5) is 11.5 Å². The summed E-state index contributed by atoms with van der Waals surface area (Å²) in [6.07, 6.45) is 2.68. The number of anilines is 2. The van der Waals surface area contributed by atoms with Crippen molar-refractivity contribution in [2.24, 2.45) is 0 Å². The maximum Gasteiger partial charge on any atom is 0.142 e. The molecule has 23 heavy (non-hydrogen) atoms. The van der Waals surface area contributed by atoms with Crippen LogP contribution < -0.4 is 10.1 Å². The molecule has 3 heterocycles. The molecule has 0 atom stereocenters. The fourth-order valence-corrected chi connectivity index (χ4v) is 4.26. The van der Waals surface area contributed by atoms with Gasteiger partial charge in [0.05, 0.1) is 12.5 Å². The van der Waals surface area contributed by atoms with E-state index >= 15 is 0 Å². The molecular formula is C17H18N4OS. The first-order valence-electron chi connectivity index (χ1n) is 7.59. The summed E-state index contributed by atoms with van der Waals surface area (Å²) in [4.78, 5) is 13.8. The quantitative estimate of drug-likeness (QED) is 0.799. The van der Waals surface area contributed by atoms with Crippen LogP contribution in [0.2, 0.25) is 0 Å². The molecule has 0 aliphatic carbocycles. The molecule has 0 fully saturated rings. The number of nitrogens with one attached hydrogen (secondary N) is 1. The van der Waals surface area contributed by atoms with Crippen molar-refractivity contribution >= 4 is 33.1 Å². The first kappa shape index (κ1) is 14.4. The highest BCUT2D eigenvalue weighted by molar-refractivity contribution is 7.19. The number of rotatable bonds is 3. The number of methoxy groups -OCH3 is 1. The fraction of sp³-hybridized carbons (Fsp3) is 0.294. The summed E-state index contributed by atoms with van der Waals surface area (Å²) in [7, 11) is 3.84. The normalized spacial score (nSPS) is 14.7. The van der Waals surface area contributed by atoms with Gasteiger partial charge in [0.15, 0.2) is 0 Å². The molecule has 1 aromatic carbocycles. The zero-order chi connectivity index (χ0) is 15.8. The second-order valence-electron chi connectivity index (χ2n) is 5.75. The number of hydrogen-bond donors (Lipinski definition) is 1. The van der Waals surface area contributed by atoms with Crippen molar-refractivity contribution in [3.05, 3.63) is 41.0 Å². The van der Waals surface area contributed by atoms with Crippen LogP contribution in [0.3, 0.4) is 0 Å². The largest absolute Gasteiger partial charge is 0.497 e. The summed E-state index contributed by atoms with van der Waals surface area (Å²) in [5, 5.41) is 4.60. The number of ether oxygens (including phenoxy) is 1. The van der Waals surface area contributed by atoms with Crippen LogP contribution in [0.15, 0.2) is 30.6 Å². The van der Waals surface area contributed by atoms with Crippen molar-refractivity contribution in [3.8, 4) is 5.75 Å². The van der Waals surface area contributed by atoms with E-state index in [1.807, 2.05) is 24.3 Å². The lowest BCUT2D eigenvalue weighted by Crippen LogP contribution is -2.25. The smallest absolute Gasteiger partial charge is 0.142 e. The minimum absolute atomic E-state index is 0.828. The Labute approximate surface area is 138 Å². The van der Waals surface area contributed by atoms with Crippen LogP contribution in [0, 0.1) is 0 Å². The van der Waals surface area contributed by atoms with Gasteiger partial charge in [-0.3, -0.25) is 0 Å². The minimum atomic E-state index is 0.828. The van der Waals surface area contributed by atoms with E-state index in [4.69, 9.17) is 4.74 Å². The Morgan fingerprint density at radius 3 is 3.09 bits per heavy atom. The highest BCUT2D eigenvalue weighted by Gasteiger charge is 2.22. The molecule has 4 rings (SSSR count). The highest BCUT2D eigenvalue weighted by atomic mass is 32.1. The summed E-state index contributed by atoms with van der Waals surface area (Å²) >= 11 is 1.78. The van der Waals surface area contributed by atoms with E-state index < -0.39 is 0 Å². The lowest BCUT2D eigenvalue weighted by molar-refractivity contribution is 0.318. The van der Waals surface area contributed by atoms with E-state index in [0.717, 1.165) is 41.6 Å². The number of nitrogens with zero attached hydrogens (tertiary/aromatic N) is 3. The number of benzene rings is 1. The lowest BCUT2D eigenvalue weighted by Gasteiger charge is -2.22. The second kappa shape index (κ2) is 5.79. The summed E-state index contributed by atoms with van der Waals surface area (Å²) in [5.41, 5.74) is 2.37. The monoisotopic (exact) mass is 326 g/mol. The van der Waals surface area contributed by atoms with Crippen LogP contribution in [0.5, 0.6) is 5.75 Å². The summed E-state index contributed by atoms with van der Waals surface area (Å²) < 4.78 is 5.29. The Morgan fingerprint density at radius 2 is 2.22 bits per heavy atom. The maximum absolute atomic E-state index is 5.29. The lowest BCUT2D eigenvalue weighted by atomic mass is 10.1. The Balaban J connectivity index is 1.78. The van der Waals surface area contributed by atoms with Gasteiger partial charge in [-0.15, -0.1) is 11.3 Å². The van der Waals surface area contributed by atoms with Gasteiger partial charge in [0.25, 0.3) is 0 Å². The fourth-order valence-electron chi connectivity index (χ4n) is 2.99. The van der Waals surface area contributed by atoms with E-state index in [-0.39, 0.29) is 0 Å². The molecule has 2 aromatic heterocycles. The van der Waals surface area contributed by atoms with Gasteiger partial charge in [-0.05, 0) is 31.2 Å². The molecule has 3 aromatic rings. The van der Waals surface area contributed by atoms with Gasteiger partial charge >= 0.3 is 0 Å². The number of hydrogen-bond acceptors (Lipinski definition) is 6. The molecule has 5 nitrogen and oxygen atoms in total. The molecule has 1 N–H and O–H groups in total. The van der Waals surface area contributed by atoms with Crippen LogP contribution in [0.1, 0.15) is 10.4 Å². The molecule has 0 spiro atoms. The van der Waals surface area contributed by atoms with Crippen molar-refractivity contribution in [1.29, 1.82) is 0 Å². The van der Waals surface area contributed by atoms with E-state index in [0.29, 0.717) is 0 Å². The third kappa shape index (κ3) is 2.64. The SMILES string of the molecule is COc1cccc(Nc2ncnc3sc4c(c23)CCN(C)C4)c1. The van der Waals surface area contributed by atoms with Crippen molar-refractivity contribution in [2.75, 3.05) is 26.0 Å². The average Bonchev–Trinajstić information content (AvgIpc) is 2.93. The van der Waals surface area contributed by atoms with Gasteiger partial charge in [0.2, 0.25) is 0 Å². The van der Waals surface area contributed by atoms with Gasteiger partial charge in [-0.1, -0.05) is 6.07 Å². The van der Waals surface area contributed by atoms with Crippen LogP contribution in [-0.4, -0.2) is 35.6 Å². The average molecular weight is 326 g/mol. The molecule has 0 saturated carbocycles. The van der Waals surface area contributed by atoms with Gasteiger partial charge < -0.3 is 15.0 Å². The van der Waals surface area contributed by atoms with E-state index in [9.17, 15) is 0 Å². The molecule has 118 valence electrons. The van der Waals surface area contributed by atoms with Gasteiger partial charge in [0.1, 0.15) is 22.7 Å². The van der Waals surface area contributed by atoms with E-state index in [1.165, 1.54) is 15.8 Å². The first-order chi connectivity index (χ1) is 11.2. The Kier molecular flexibility index (Phi) is 3.63. The third-order valence-electron chi connectivity index (χ3n) is 4.16. The first-order valence-corrected chi connectivity index (χ1v) is 8.41. The topological polar surface area (TPSA) is 50.3 Å². The van der Waals surface area contributed by atoms with Crippen molar-refractivity contribution in [3.63, 3.8) is 0 Å². The Morgan fingerprint density at radius 1 is 1.30 bits per heavy atom. The van der Waals surface area contributed by atoms with Crippen LogP contribution in [0.25, 0.3) is 10.2 Å². The second-order valence-corrected chi connectivity index (χ2v) is 6.83. The third-order valence-corrected chi connectivity index (χ3v) is 5.29. The molecule has 0 unspecified atom stereocenters. The summed E-state index contributed by atoms with van der Waals surface area (Å²) in [5.74, 6) is 1.71. The van der Waals surface area contributed by atoms with Gasteiger partial charge in [-0.25, -0.2) is 9.97 Å². The van der Waals surface area contributed by atoms with Crippen molar-refractivity contribution < 1.29 is 4.74 Å². The van der Waals surface area contributed by atoms with Gasteiger partial charge in [-0.2, -0.15) is 0 Å². The Bertz CT molecular complexity index is 861. The molecule has 0 radical (unpaired) electrons. The highest BCUT2D eigenvalue weighted by Crippen LogP contribution is 2.37. The zero-order valence-corrected chi connectivity index (χ0v) is 14.0.